The molecule has 3 nitrogen and oxygen atoms in total. The Morgan fingerprint density at radius 3 is 2.10 bits per heavy atom. The van der Waals surface area contributed by atoms with Crippen molar-refractivity contribution >= 4 is 23.1 Å². The Bertz CT molecular complexity index is 724. The van der Waals surface area contributed by atoms with E-state index >= 15 is 0 Å². The van der Waals surface area contributed by atoms with Crippen LogP contribution >= 0.6 is 0 Å². The molecule has 0 fully saturated rings. The van der Waals surface area contributed by atoms with E-state index in [9.17, 15) is 9.59 Å². The normalized spacial score (nSPS) is 14.5. The summed E-state index contributed by atoms with van der Waals surface area (Å²) in [5.74, 6) is -0.926. The number of rotatable bonds is 1. The molecule has 0 saturated heterocycles. The highest BCUT2D eigenvalue weighted by Crippen LogP contribution is 2.36. The summed E-state index contributed by atoms with van der Waals surface area (Å²) < 4.78 is 0. The maximum atomic E-state index is 12.2. The summed E-state index contributed by atoms with van der Waals surface area (Å²) in [5.41, 5.74) is 3.11. The van der Waals surface area contributed by atoms with Crippen LogP contribution in [0.5, 0.6) is 0 Å². The molecule has 3 rings (SSSR count). The second-order valence-corrected chi connectivity index (χ2v) is 6.28. The van der Waals surface area contributed by atoms with E-state index in [1.807, 2.05) is 30.3 Å². The zero-order chi connectivity index (χ0) is 15.2. The highest BCUT2D eigenvalue weighted by Gasteiger charge is 2.36. The fourth-order valence-electron chi connectivity index (χ4n) is 2.55. The van der Waals surface area contributed by atoms with E-state index in [0.29, 0.717) is 11.3 Å². The standard InChI is InChI=1S/C18H17NO2/c1-18(2,3)12-8-10-13(11-9-12)19-15-7-5-4-6-14(15)16(20)17(19)21/h4-11H,1-3H3. The van der Waals surface area contributed by atoms with E-state index in [-0.39, 0.29) is 5.41 Å². The third kappa shape index (κ3) is 2.15. The van der Waals surface area contributed by atoms with Gasteiger partial charge in [-0.05, 0) is 35.2 Å². The van der Waals surface area contributed by atoms with Gasteiger partial charge in [0.1, 0.15) is 0 Å². The molecule has 106 valence electrons. The maximum absolute atomic E-state index is 12.2. The Morgan fingerprint density at radius 2 is 1.48 bits per heavy atom. The summed E-state index contributed by atoms with van der Waals surface area (Å²) in [6, 6.07) is 14.9. The van der Waals surface area contributed by atoms with Crippen molar-refractivity contribution in [1.29, 1.82) is 0 Å². The number of Topliss-reactive ketones (excluding diaryl/α,β-unsaturated/α-hetero) is 1. The van der Waals surface area contributed by atoms with E-state index in [4.69, 9.17) is 0 Å². The van der Waals surface area contributed by atoms with Crippen LogP contribution < -0.4 is 4.90 Å². The third-order valence-electron chi connectivity index (χ3n) is 3.78. The predicted octanol–water partition coefficient (Wildman–Crippen LogP) is 3.85. The molecule has 1 aliphatic rings. The number of hydrogen-bond acceptors (Lipinski definition) is 2. The van der Waals surface area contributed by atoms with Crippen molar-refractivity contribution in [2.75, 3.05) is 4.90 Å². The van der Waals surface area contributed by atoms with Crippen molar-refractivity contribution in [2.24, 2.45) is 0 Å². The Labute approximate surface area is 124 Å². The first-order valence-corrected chi connectivity index (χ1v) is 6.98. The van der Waals surface area contributed by atoms with Crippen LogP contribution in [0.4, 0.5) is 11.4 Å². The molecular weight excluding hydrogens is 262 g/mol. The molecule has 0 bridgehead atoms. The second-order valence-electron chi connectivity index (χ2n) is 6.28. The topological polar surface area (TPSA) is 37.4 Å². The summed E-state index contributed by atoms with van der Waals surface area (Å²) in [5, 5.41) is 0. The quantitative estimate of drug-likeness (QED) is 0.744. The molecule has 1 amide bonds. The van der Waals surface area contributed by atoms with Crippen LogP contribution in [0, 0.1) is 0 Å². The molecule has 0 unspecified atom stereocenters. The Balaban J connectivity index is 2.05. The van der Waals surface area contributed by atoms with E-state index in [0.717, 1.165) is 5.69 Å². The van der Waals surface area contributed by atoms with Crippen molar-refractivity contribution in [3.8, 4) is 0 Å². The molecule has 0 aliphatic carbocycles. The lowest BCUT2D eigenvalue weighted by molar-refractivity contribution is -0.113. The minimum absolute atomic E-state index is 0.0568. The van der Waals surface area contributed by atoms with Gasteiger partial charge >= 0.3 is 5.91 Å². The molecule has 2 aromatic rings. The lowest BCUT2D eigenvalue weighted by atomic mass is 9.87. The summed E-state index contributed by atoms with van der Waals surface area (Å²) in [6.45, 7) is 6.42. The molecule has 1 heterocycles. The minimum Gasteiger partial charge on any atom is -0.283 e. The molecule has 0 spiro atoms. The molecule has 0 saturated carbocycles. The summed E-state index contributed by atoms with van der Waals surface area (Å²) in [7, 11) is 0. The lowest BCUT2D eigenvalue weighted by Gasteiger charge is -2.21. The average Bonchev–Trinajstić information content (AvgIpc) is 2.71. The third-order valence-corrected chi connectivity index (χ3v) is 3.78. The fraction of sp³-hybridized carbons (Fsp3) is 0.222. The van der Waals surface area contributed by atoms with E-state index in [2.05, 4.69) is 20.8 Å². The van der Waals surface area contributed by atoms with Crippen molar-refractivity contribution < 1.29 is 9.59 Å². The number of hydrogen-bond donors (Lipinski definition) is 0. The van der Waals surface area contributed by atoms with Gasteiger partial charge < -0.3 is 0 Å². The van der Waals surface area contributed by atoms with Crippen LogP contribution in [0.25, 0.3) is 0 Å². The highest BCUT2D eigenvalue weighted by atomic mass is 16.2. The molecular formula is C18H17NO2. The Hall–Kier alpha value is -2.42. The Morgan fingerprint density at radius 1 is 0.857 bits per heavy atom. The zero-order valence-corrected chi connectivity index (χ0v) is 12.4. The van der Waals surface area contributed by atoms with Crippen LogP contribution in [0.15, 0.2) is 48.5 Å². The summed E-state index contributed by atoms with van der Waals surface area (Å²) in [4.78, 5) is 25.7. The SMILES string of the molecule is CC(C)(C)c1ccc(N2C(=O)C(=O)c3ccccc32)cc1. The number of amides is 1. The van der Waals surface area contributed by atoms with Gasteiger partial charge in [-0.2, -0.15) is 0 Å². The molecule has 21 heavy (non-hydrogen) atoms. The number of anilines is 2. The summed E-state index contributed by atoms with van der Waals surface area (Å²) >= 11 is 0. The monoisotopic (exact) mass is 279 g/mol. The molecule has 0 atom stereocenters. The molecule has 2 aromatic carbocycles. The van der Waals surface area contributed by atoms with Crippen molar-refractivity contribution in [3.05, 3.63) is 59.7 Å². The van der Waals surface area contributed by atoms with Crippen LogP contribution in [-0.4, -0.2) is 11.7 Å². The number of nitrogens with zero attached hydrogens (tertiary/aromatic N) is 1. The van der Waals surface area contributed by atoms with Crippen LogP contribution in [0.2, 0.25) is 0 Å². The number of ketones is 1. The van der Waals surface area contributed by atoms with Crippen molar-refractivity contribution in [3.63, 3.8) is 0 Å². The minimum atomic E-state index is -0.486. The largest absolute Gasteiger partial charge is 0.304 e. The van der Waals surface area contributed by atoms with E-state index in [1.54, 1.807) is 18.2 Å². The van der Waals surface area contributed by atoms with Crippen molar-refractivity contribution in [2.45, 2.75) is 26.2 Å². The average molecular weight is 279 g/mol. The molecule has 1 aliphatic heterocycles. The maximum Gasteiger partial charge on any atom is 0.304 e. The molecule has 0 N–H and O–H groups in total. The van der Waals surface area contributed by atoms with Crippen molar-refractivity contribution in [1.82, 2.24) is 0 Å². The molecule has 0 radical (unpaired) electrons. The van der Waals surface area contributed by atoms with Crippen LogP contribution in [0.3, 0.4) is 0 Å². The number of benzene rings is 2. The van der Waals surface area contributed by atoms with Gasteiger partial charge in [0.2, 0.25) is 0 Å². The second kappa shape index (κ2) is 4.55. The molecule has 0 aromatic heterocycles. The van der Waals surface area contributed by atoms with E-state index < -0.39 is 11.7 Å². The van der Waals surface area contributed by atoms with Gasteiger partial charge in [0.25, 0.3) is 5.78 Å². The number of carbonyl (C=O) groups is 2. The van der Waals surface area contributed by atoms with E-state index in [1.165, 1.54) is 10.5 Å². The first kappa shape index (κ1) is 13.6. The van der Waals surface area contributed by atoms with Gasteiger partial charge in [0, 0.05) is 5.69 Å². The zero-order valence-electron chi connectivity index (χ0n) is 12.4. The van der Waals surface area contributed by atoms with Gasteiger partial charge in [0.05, 0.1) is 11.3 Å². The first-order chi connectivity index (χ1) is 9.89. The van der Waals surface area contributed by atoms with Gasteiger partial charge in [-0.3, -0.25) is 14.5 Å². The number of para-hydroxylation sites is 1. The summed E-state index contributed by atoms with van der Waals surface area (Å²) in [6.07, 6.45) is 0. The highest BCUT2D eigenvalue weighted by molar-refractivity contribution is 6.53. The molecule has 3 heteroatoms. The van der Waals surface area contributed by atoms with Crippen LogP contribution in [-0.2, 0) is 10.2 Å². The van der Waals surface area contributed by atoms with Gasteiger partial charge in [-0.15, -0.1) is 0 Å². The predicted molar refractivity (Wildman–Crippen MR) is 83.1 cm³/mol. The van der Waals surface area contributed by atoms with Crippen LogP contribution in [0.1, 0.15) is 36.7 Å². The number of fused-ring (bicyclic) bond motifs is 1. The van der Waals surface area contributed by atoms with Gasteiger partial charge in [-0.1, -0.05) is 45.0 Å². The number of carbonyl (C=O) groups excluding carboxylic acids is 2. The van der Waals surface area contributed by atoms with Gasteiger partial charge in [-0.25, -0.2) is 0 Å². The smallest absolute Gasteiger partial charge is 0.283 e. The fourth-order valence-corrected chi connectivity index (χ4v) is 2.55. The Kier molecular flexibility index (Phi) is 2.94. The first-order valence-electron chi connectivity index (χ1n) is 6.98. The van der Waals surface area contributed by atoms with Gasteiger partial charge in [0.15, 0.2) is 0 Å². The lowest BCUT2D eigenvalue weighted by Crippen LogP contribution is -2.25.